The Labute approximate surface area is 753 Å². The van der Waals surface area contributed by atoms with Gasteiger partial charge in [0.1, 0.15) is 58.0 Å². The predicted molar refractivity (Wildman–Crippen MR) is 443 cm³/mol. The molecule has 8 aliphatic rings. The van der Waals surface area contributed by atoms with Gasteiger partial charge in [-0.1, -0.05) is 149 Å². The van der Waals surface area contributed by atoms with E-state index in [1.807, 2.05) is 25.7 Å². The third-order valence-corrected chi connectivity index (χ3v) is 22.0. The minimum absolute atomic E-state index is 0.0446. The highest BCUT2D eigenvalue weighted by Gasteiger charge is 2.56. The fraction of sp³-hybridized carbons (Fsp3) is 0.450. The third-order valence-electron chi connectivity index (χ3n) is 18.7. The molecule has 0 spiro atoms. The normalized spacial score (nSPS) is 18.7. The van der Waals surface area contributed by atoms with Crippen LogP contribution in [0, 0.1) is 0 Å². The molecular weight excluding hydrogens is 1870 g/mol. The lowest BCUT2D eigenvalue weighted by Gasteiger charge is -2.37. The summed E-state index contributed by atoms with van der Waals surface area (Å²) in [7, 11) is 0. The van der Waals surface area contributed by atoms with Crippen molar-refractivity contribution in [3.8, 4) is 33.8 Å². The minimum atomic E-state index is -1.83. The Morgan fingerprint density at radius 3 is 1.13 bits per heavy atom. The van der Waals surface area contributed by atoms with Crippen LogP contribution in [0.25, 0.3) is 33.8 Å². The number of rotatable bonds is 19. The number of hydrogen-bond donors (Lipinski definition) is 5. The molecular formula is C80H78Cl11F6N5O21. The number of esters is 2. The number of nitrogens with zero attached hydrogens (tertiary/aromatic N) is 5. The van der Waals surface area contributed by atoms with Crippen LogP contribution in [0.5, 0.6) is 0 Å². The quantitative estimate of drug-likeness (QED) is 0.00733. The average molecular weight is 1950 g/mol. The Hall–Kier alpha value is -7.99. The summed E-state index contributed by atoms with van der Waals surface area (Å²) >= 11 is 63.8. The molecule has 1 amide bonds. The van der Waals surface area contributed by atoms with Gasteiger partial charge >= 0.3 is 35.9 Å². The van der Waals surface area contributed by atoms with E-state index in [1.165, 1.54) is 6.92 Å². The van der Waals surface area contributed by atoms with Crippen molar-refractivity contribution in [1.82, 2.24) is 20.4 Å². The molecule has 26 nitrogen and oxygen atoms in total. The molecule has 8 fully saturated rings. The first kappa shape index (κ1) is 102. The van der Waals surface area contributed by atoms with E-state index in [0.717, 1.165) is 12.8 Å². The van der Waals surface area contributed by atoms with E-state index in [-0.39, 0.29) is 196 Å². The number of aromatic carboxylic acids is 1. The van der Waals surface area contributed by atoms with Crippen LogP contribution in [0.15, 0.2) is 91.5 Å². The van der Waals surface area contributed by atoms with Crippen molar-refractivity contribution in [2.75, 3.05) is 13.2 Å². The van der Waals surface area contributed by atoms with E-state index < -0.39 is 92.1 Å². The zero-order chi connectivity index (χ0) is 92.0. The van der Waals surface area contributed by atoms with Crippen LogP contribution in [-0.4, -0.2) is 163 Å². The first-order valence-corrected chi connectivity index (χ1v) is 41.5. The molecule has 2 bridgehead atoms. The summed E-state index contributed by atoms with van der Waals surface area (Å²) in [5, 5.41) is 57.7. The van der Waals surface area contributed by atoms with E-state index >= 15 is 0 Å². The Kier molecular flexibility index (Phi) is 35.7. The Bertz CT molecular complexity index is 4860. The van der Waals surface area contributed by atoms with Gasteiger partial charge in [0.2, 0.25) is 5.67 Å². The van der Waals surface area contributed by atoms with Crippen molar-refractivity contribution >= 4 is 191 Å². The number of ether oxygens (including phenoxy) is 3. The van der Waals surface area contributed by atoms with E-state index in [0.29, 0.717) is 62.5 Å². The number of alkyl halides is 6. The third kappa shape index (κ3) is 27.8. The van der Waals surface area contributed by atoms with Crippen LogP contribution < -0.4 is 0 Å². The van der Waals surface area contributed by atoms with E-state index in [2.05, 4.69) is 25.4 Å². The van der Waals surface area contributed by atoms with Gasteiger partial charge in [0, 0.05) is 28.8 Å². The number of aliphatic hydroxyl groups excluding tert-OH is 1. The van der Waals surface area contributed by atoms with Crippen LogP contribution >= 0.6 is 128 Å². The molecule has 2 saturated heterocycles. The second-order valence-corrected chi connectivity index (χ2v) is 34.0. The number of halogens is 17. The summed E-state index contributed by atoms with van der Waals surface area (Å²) in [6, 6.07) is 19.7. The van der Waals surface area contributed by atoms with Crippen LogP contribution in [0.2, 0.25) is 40.2 Å². The number of carboxylic acids is 3. The zero-order valence-corrected chi connectivity index (χ0v) is 74.0. The number of hydrogen-bond acceptors (Lipinski definition) is 22. The molecule has 7 aromatic rings. The van der Waals surface area contributed by atoms with Crippen LogP contribution in [-0.2, 0) is 60.0 Å². The van der Waals surface area contributed by atoms with Crippen LogP contribution in [0.3, 0.4) is 0 Å². The molecule has 5 N–H and O–H groups in total. The second kappa shape index (κ2) is 43.0. The first-order valence-electron chi connectivity index (χ1n) is 37.3. The number of aromatic nitrogens is 3. The van der Waals surface area contributed by atoms with E-state index in [9.17, 15) is 84.5 Å². The molecule has 6 aliphatic carbocycles. The Morgan fingerprint density at radius 2 is 0.854 bits per heavy atom. The number of carbonyl (C=O) groups is 10. The lowest BCUT2D eigenvalue weighted by Crippen LogP contribution is -2.49. The number of carbonyl (C=O) groups excluding carboxylic acids is 7. The monoisotopic (exact) mass is 1940 g/mol. The standard InChI is InChI=1S/C15H12Cl2FNO3.C13H7Cl3FNO2.C13H8Cl2FNO3.C12H21NO3.C8H11FO3.C7H4Cl3NO.C4H4ClFO.C4H5FO2.C4H6O3/c1-2-21-14(20)11-12(10-8(16)4-3-5-9(10)17)19-22-13(11)15(18)6-7-15;14-6-2-1-3-7(15)8(6)10-9(12(16)19)11(20-18-10)13(17)4-5-13;14-6-2-1-3-7(15)8(6)10-9(12(18)19)11(20-17-10)13(16)4-5-13;1-12(2,3)16-11(15)13-8-4-5-9(13)7-10(14)6-8;1-2-12-7(11)5-6(10)8(9)3-4-8;8-4-2-1-3-5(9)6(4)7(10)11-12;5-3(7)4(6)1-2-4;5-4(1-2-4)3(6)7;1-3(5)2-4(6)7/h3-5H,2,6-7H2,1H3;1-3H,4-5H2;1-3H,4-5H2,(H,18,19);8-10,14H,4-7H2,1-3H3;2-5H2,1H3;1-3,12H;1-2H2;1-2H2,(H,6,7);2H2,1H3,(H,6,7)/b;;;;;11-7-;;;/t;;;8-,9+,10?;;;;;. The maximum absolute atomic E-state index is 14.4. The molecule has 3 atom stereocenters. The fourth-order valence-corrected chi connectivity index (χ4v) is 14.5. The number of aliphatic carboxylic acids is 2. The second-order valence-electron chi connectivity index (χ2n) is 29.7. The van der Waals surface area contributed by atoms with E-state index in [1.54, 1.807) is 86.6 Å². The van der Waals surface area contributed by atoms with Gasteiger partial charge in [-0.2, -0.15) is 0 Å². The van der Waals surface area contributed by atoms with Crippen molar-refractivity contribution in [2.45, 2.75) is 215 Å². The average Bonchev–Trinajstić information content (AvgIpc) is 1.59. The summed E-state index contributed by atoms with van der Waals surface area (Å²) < 4.78 is 110. The molecule has 2 aliphatic heterocycles. The minimum Gasteiger partial charge on any atom is -0.481 e. The summed E-state index contributed by atoms with van der Waals surface area (Å²) in [6.45, 7) is 10.6. The molecule has 15 rings (SSSR count). The topological polar surface area (TPSA) is 393 Å². The summed E-state index contributed by atoms with van der Waals surface area (Å²) in [5.74, 6) is -6.51. The molecule has 6 saturated carbocycles. The van der Waals surface area contributed by atoms with Gasteiger partial charge in [-0.05, 0) is 216 Å². The number of carboxylic acid groups (broad SMARTS) is 3. The lowest BCUT2D eigenvalue weighted by atomic mass is 10.0. The molecule has 43 heteroatoms. The molecule has 5 heterocycles. The van der Waals surface area contributed by atoms with Gasteiger partial charge in [-0.3, -0.25) is 28.8 Å². The van der Waals surface area contributed by atoms with Gasteiger partial charge < -0.3 is 58.3 Å². The summed E-state index contributed by atoms with van der Waals surface area (Å²) in [6.07, 6.45) is 5.25. The number of fused-ring (bicyclic) bond motifs is 2. The zero-order valence-electron chi connectivity index (χ0n) is 65.7. The summed E-state index contributed by atoms with van der Waals surface area (Å²) in [4.78, 5) is 110. The molecule has 668 valence electrons. The molecule has 1 unspecified atom stereocenters. The predicted octanol–water partition coefficient (Wildman–Crippen LogP) is 22.2. The number of amides is 1. The summed E-state index contributed by atoms with van der Waals surface area (Å²) in [5.41, 5.74) is -9.82. The molecule has 3 aromatic heterocycles. The van der Waals surface area contributed by atoms with Crippen molar-refractivity contribution in [2.24, 2.45) is 5.16 Å². The highest BCUT2D eigenvalue weighted by atomic mass is 35.5. The van der Waals surface area contributed by atoms with Crippen molar-refractivity contribution in [3.05, 3.63) is 153 Å². The SMILES string of the molecule is CC(=O)CC(=O)O.CC(C)(C)OC(=O)N1[C@@H]2CC[C@H]1CC(O)C2.CCOC(=O)CC(=O)C1(F)CC1.CCOC(=O)c1c(-c2c(Cl)cccc2Cl)noc1C1(F)CC1.O/N=C(\Cl)c1c(Cl)cccc1Cl.O=C(Cl)C1(F)CC1.O=C(Cl)c1c(-c2c(Cl)cccc2Cl)noc1C1(F)CC1.O=C(O)C1(F)CC1.O=C(O)c1c(-c2c(Cl)cccc2Cl)noc1C1(F)CC1. The van der Waals surface area contributed by atoms with Gasteiger partial charge in [-0.15, -0.1) is 0 Å². The smallest absolute Gasteiger partial charge is 0.410 e. The van der Waals surface area contributed by atoms with E-state index in [4.69, 9.17) is 166 Å². The van der Waals surface area contributed by atoms with Crippen molar-refractivity contribution in [1.29, 1.82) is 0 Å². The largest absolute Gasteiger partial charge is 0.481 e. The maximum atomic E-state index is 14.4. The molecule has 4 aromatic carbocycles. The number of Topliss-reactive ketones (excluding diaryl/α,β-unsaturated/α-hetero) is 2. The number of piperidine rings is 1. The highest BCUT2D eigenvalue weighted by molar-refractivity contribution is 6.71. The van der Waals surface area contributed by atoms with Crippen molar-refractivity contribution < 1.29 is 128 Å². The van der Waals surface area contributed by atoms with Gasteiger partial charge in [-0.25, -0.2) is 45.5 Å². The highest BCUT2D eigenvalue weighted by Crippen LogP contribution is 2.56. The lowest BCUT2D eigenvalue weighted by molar-refractivity contribution is -0.147. The van der Waals surface area contributed by atoms with Gasteiger partial charge in [0.15, 0.2) is 56.6 Å². The Morgan fingerprint density at radius 1 is 0.504 bits per heavy atom. The first-order chi connectivity index (χ1) is 57.4. The van der Waals surface area contributed by atoms with Crippen LogP contribution in [0.4, 0.5) is 31.1 Å². The molecule has 0 radical (unpaired) electrons. The van der Waals surface area contributed by atoms with Gasteiger partial charge in [0.25, 0.3) is 10.5 Å². The number of benzene rings is 4. The molecule has 123 heavy (non-hydrogen) atoms. The maximum Gasteiger partial charge on any atom is 0.410 e. The van der Waals surface area contributed by atoms with Crippen molar-refractivity contribution in [3.63, 3.8) is 0 Å². The number of oxime groups is 1. The van der Waals surface area contributed by atoms with Crippen LogP contribution in [0.1, 0.15) is 211 Å². The number of aliphatic hydroxyl groups is 1. The fourth-order valence-electron chi connectivity index (χ4n) is 11.5. The Balaban J connectivity index is 0.000000195. The number of ketones is 2. The van der Waals surface area contributed by atoms with Gasteiger partial charge in [0.05, 0.1) is 65.1 Å².